The third-order valence-electron chi connectivity index (χ3n) is 1.86. The van der Waals surface area contributed by atoms with Gasteiger partial charge in [-0.05, 0) is 24.6 Å². The Kier molecular flexibility index (Phi) is 1.93. The molecule has 1 nitrogen and oxygen atoms in total. The van der Waals surface area contributed by atoms with Gasteiger partial charge in [-0.1, -0.05) is 34.1 Å². The summed E-state index contributed by atoms with van der Waals surface area (Å²) < 4.78 is 1.11. The third kappa shape index (κ3) is 1.39. The van der Waals surface area contributed by atoms with Crippen LogP contribution in [0.4, 0.5) is 5.69 Å². The zero-order chi connectivity index (χ0) is 8.55. The van der Waals surface area contributed by atoms with E-state index < -0.39 is 0 Å². The van der Waals surface area contributed by atoms with E-state index in [0.29, 0.717) is 0 Å². The topological polar surface area (TPSA) is 12.0 Å². The maximum absolute atomic E-state index is 3.44. The van der Waals surface area contributed by atoms with E-state index in [2.05, 4.69) is 52.5 Å². The molecule has 2 rings (SSSR count). The lowest BCUT2D eigenvalue weighted by Crippen LogP contribution is -2.07. The molecule has 0 amide bonds. The van der Waals surface area contributed by atoms with Crippen LogP contribution in [0.5, 0.6) is 0 Å². The molecular formula is C10H9BrN. The molecule has 0 atom stereocenters. The number of fused-ring (bicyclic) bond motifs is 1. The van der Waals surface area contributed by atoms with Crippen molar-refractivity contribution in [3.63, 3.8) is 0 Å². The molecule has 0 fully saturated rings. The first-order valence-electron chi connectivity index (χ1n) is 3.84. The quantitative estimate of drug-likeness (QED) is 0.710. The van der Waals surface area contributed by atoms with E-state index in [1.807, 2.05) is 6.07 Å². The SMILES string of the molecule is C[C]1C=Cc2ccc(Br)cc2N1. The second-order valence-electron chi connectivity index (χ2n) is 2.87. The summed E-state index contributed by atoms with van der Waals surface area (Å²) in [7, 11) is 0. The second kappa shape index (κ2) is 2.94. The predicted molar refractivity (Wildman–Crippen MR) is 55.7 cm³/mol. The van der Waals surface area contributed by atoms with Crippen LogP contribution in [0.25, 0.3) is 6.08 Å². The van der Waals surface area contributed by atoms with Gasteiger partial charge < -0.3 is 5.32 Å². The van der Waals surface area contributed by atoms with Crippen molar-refractivity contribution in [1.29, 1.82) is 0 Å². The van der Waals surface area contributed by atoms with E-state index in [1.165, 1.54) is 17.3 Å². The third-order valence-corrected chi connectivity index (χ3v) is 2.35. The van der Waals surface area contributed by atoms with E-state index in [-0.39, 0.29) is 0 Å². The first kappa shape index (κ1) is 7.87. The zero-order valence-corrected chi connectivity index (χ0v) is 8.35. The van der Waals surface area contributed by atoms with Gasteiger partial charge in [0.1, 0.15) is 0 Å². The van der Waals surface area contributed by atoms with Crippen molar-refractivity contribution in [3.05, 3.63) is 40.4 Å². The molecule has 0 saturated heterocycles. The van der Waals surface area contributed by atoms with E-state index in [0.717, 1.165) is 4.47 Å². The molecule has 1 N–H and O–H groups in total. The first-order valence-corrected chi connectivity index (χ1v) is 4.63. The van der Waals surface area contributed by atoms with Crippen molar-refractivity contribution < 1.29 is 0 Å². The Hall–Kier alpha value is -0.760. The Morgan fingerprint density at radius 3 is 2.92 bits per heavy atom. The van der Waals surface area contributed by atoms with Crippen LogP contribution in [-0.4, -0.2) is 0 Å². The molecular weight excluding hydrogens is 214 g/mol. The molecule has 0 aromatic heterocycles. The largest absolute Gasteiger partial charge is 0.373 e. The lowest BCUT2D eigenvalue weighted by Gasteiger charge is -2.17. The van der Waals surface area contributed by atoms with Crippen molar-refractivity contribution >= 4 is 27.7 Å². The average Bonchev–Trinajstić information content (AvgIpc) is 2.03. The Morgan fingerprint density at radius 1 is 1.25 bits per heavy atom. The van der Waals surface area contributed by atoms with E-state index >= 15 is 0 Å². The lowest BCUT2D eigenvalue weighted by molar-refractivity contribution is 1.20. The number of hydrogen-bond acceptors (Lipinski definition) is 1. The molecule has 1 radical (unpaired) electrons. The normalized spacial score (nSPS) is 15.5. The lowest BCUT2D eigenvalue weighted by atomic mass is 10.1. The van der Waals surface area contributed by atoms with E-state index in [1.54, 1.807) is 0 Å². The second-order valence-corrected chi connectivity index (χ2v) is 3.79. The number of benzene rings is 1. The fourth-order valence-electron chi connectivity index (χ4n) is 1.25. The van der Waals surface area contributed by atoms with Crippen LogP contribution in [0.3, 0.4) is 0 Å². The van der Waals surface area contributed by atoms with E-state index in [9.17, 15) is 0 Å². The molecule has 1 aromatic rings. The van der Waals surface area contributed by atoms with Gasteiger partial charge in [-0.15, -0.1) is 0 Å². The minimum Gasteiger partial charge on any atom is -0.373 e. The number of nitrogens with one attached hydrogen (secondary N) is 1. The molecule has 0 unspecified atom stereocenters. The minimum absolute atomic E-state index is 1.11. The standard InChI is InChI=1S/C10H9BrN/c1-7-2-3-8-4-5-9(11)6-10(8)12-7/h2-6,12H,1H3. The number of hydrogen-bond donors (Lipinski definition) is 1. The number of rotatable bonds is 0. The molecule has 0 aliphatic carbocycles. The zero-order valence-electron chi connectivity index (χ0n) is 6.76. The highest BCUT2D eigenvalue weighted by atomic mass is 79.9. The summed E-state index contributed by atoms with van der Waals surface area (Å²) in [5, 5.41) is 3.30. The Morgan fingerprint density at radius 2 is 2.08 bits per heavy atom. The van der Waals surface area contributed by atoms with Crippen LogP contribution in [-0.2, 0) is 0 Å². The van der Waals surface area contributed by atoms with Gasteiger partial charge in [0.25, 0.3) is 0 Å². The summed E-state index contributed by atoms with van der Waals surface area (Å²) in [5.74, 6) is 0. The van der Waals surface area contributed by atoms with Gasteiger partial charge in [0.05, 0.1) is 6.04 Å². The summed E-state index contributed by atoms with van der Waals surface area (Å²) in [5.41, 5.74) is 2.41. The predicted octanol–water partition coefficient (Wildman–Crippen LogP) is 3.44. The fraction of sp³-hybridized carbons (Fsp3) is 0.100. The molecule has 1 aliphatic rings. The maximum Gasteiger partial charge on any atom is 0.0795 e. The van der Waals surface area contributed by atoms with E-state index in [4.69, 9.17) is 0 Å². The summed E-state index contributed by atoms with van der Waals surface area (Å²) in [6.07, 6.45) is 4.20. The molecule has 12 heavy (non-hydrogen) atoms. The smallest absolute Gasteiger partial charge is 0.0795 e. The molecule has 61 valence electrons. The van der Waals surface area contributed by atoms with Gasteiger partial charge in [0, 0.05) is 10.2 Å². The van der Waals surface area contributed by atoms with Crippen LogP contribution in [0.1, 0.15) is 12.5 Å². The highest BCUT2D eigenvalue weighted by Crippen LogP contribution is 2.28. The highest BCUT2D eigenvalue weighted by molar-refractivity contribution is 9.10. The highest BCUT2D eigenvalue weighted by Gasteiger charge is 2.08. The Bertz CT molecular complexity index is 331. The molecule has 1 heterocycles. The Balaban J connectivity index is 2.47. The van der Waals surface area contributed by atoms with Gasteiger partial charge in [-0.3, -0.25) is 0 Å². The summed E-state index contributed by atoms with van der Waals surface area (Å²) in [6.45, 7) is 2.06. The molecule has 0 bridgehead atoms. The van der Waals surface area contributed by atoms with Crippen LogP contribution in [0, 0.1) is 6.04 Å². The van der Waals surface area contributed by atoms with Gasteiger partial charge in [0.2, 0.25) is 0 Å². The summed E-state index contributed by atoms with van der Waals surface area (Å²) in [6, 6.07) is 7.41. The molecule has 2 heteroatoms. The number of anilines is 1. The molecule has 0 saturated carbocycles. The monoisotopic (exact) mass is 222 g/mol. The van der Waals surface area contributed by atoms with Gasteiger partial charge in [0.15, 0.2) is 0 Å². The first-order chi connectivity index (χ1) is 5.75. The van der Waals surface area contributed by atoms with Gasteiger partial charge in [-0.2, -0.15) is 0 Å². The van der Waals surface area contributed by atoms with Crippen molar-refractivity contribution in [2.75, 3.05) is 5.32 Å². The van der Waals surface area contributed by atoms with Crippen LogP contribution < -0.4 is 5.32 Å². The average molecular weight is 223 g/mol. The van der Waals surface area contributed by atoms with Crippen molar-refractivity contribution in [2.24, 2.45) is 0 Å². The summed E-state index contributed by atoms with van der Waals surface area (Å²) >= 11 is 3.44. The summed E-state index contributed by atoms with van der Waals surface area (Å²) in [4.78, 5) is 0. The fourth-order valence-corrected chi connectivity index (χ4v) is 1.61. The molecule has 1 aliphatic heterocycles. The number of halogens is 1. The van der Waals surface area contributed by atoms with Crippen LogP contribution in [0.2, 0.25) is 0 Å². The molecule has 0 spiro atoms. The van der Waals surface area contributed by atoms with Crippen molar-refractivity contribution in [3.8, 4) is 0 Å². The Labute approximate surface area is 80.6 Å². The molecule has 1 aromatic carbocycles. The van der Waals surface area contributed by atoms with Crippen LogP contribution in [0.15, 0.2) is 28.7 Å². The van der Waals surface area contributed by atoms with Crippen LogP contribution >= 0.6 is 15.9 Å². The van der Waals surface area contributed by atoms with Crippen molar-refractivity contribution in [2.45, 2.75) is 6.92 Å². The minimum atomic E-state index is 1.11. The maximum atomic E-state index is 3.44. The van der Waals surface area contributed by atoms with Crippen molar-refractivity contribution in [1.82, 2.24) is 0 Å². The van der Waals surface area contributed by atoms with Gasteiger partial charge >= 0.3 is 0 Å². The van der Waals surface area contributed by atoms with Gasteiger partial charge in [-0.25, -0.2) is 0 Å².